The fourth-order valence-corrected chi connectivity index (χ4v) is 5.86. The summed E-state index contributed by atoms with van der Waals surface area (Å²) in [4.78, 5) is 25.2. The third kappa shape index (κ3) is 3.97. The number of anilines is 2. The summed E-state index contributed by atoms with van der Waals surface area (Å²) in [6.45, 7) is 2.87. The third-order valence-electron chi connectivity index (χ3n) is 6.41. The number of sulfone groups is 1. The monoisotopic (exact) mass is 444 g/mol. The molecule has 0 aliphatic carbocycles. The average Bonchev–Trinajstić information content (AvgIpc) is 2.80. The van der Waals surface area contributed by atoms with E-state index in [0.717, 1.165) is 25.9 Å². The van der Waals surface area contributed by atoms with Gasteiger partial charge in [0.15, 0.2) is 0 Å². The van der Waals surface area contributed by atoms with Crippen molar-refractivity contribution in [2.75, 3.05) is 36.8 Å². The Bertz CT molecular complexity index is 1050. The molecule has 0 unspecified atom stereocenters. The zero-order valence-corrected chi connectivity index (χ0v) is 18.2. The van der Waals surface area contributed by atoms with Crippen LogP contribution in [0.25, 0.3) is 0 Å². The standard InChI is InChI=1S/C21H28N6O3S/c22-18-17(31(29,30)16-7-3-1-4-8-16)15-24-20(25-18)26-13-9-21(10-14-26,19(23)28)27-11-5-2-6-12-27/h1,3-4,7-8,15H,2,5-6,9-14H2,(H2,23,28)(H2,22,24,25). The second-order valence-corrected chi connectivity index (χ2v) is 10.1. The Morgan fingerprint density at radius 2 is 1.65 bits per heavy atom. The molecule has 1 aromatic heterocycles. The zero-order valence-electron chi connectivity index (χ0n) is 17.4. The van der Waals surface area contributed by atoms with Crippen LogP contribution in [0, 0.1) is 0 Å². The minimum absolute atomic E-state index is 0.0865. The van der Waals surface area contributed by atoms with Gasteiger partial charge in [-0.3, -0.25) is 9.69 Å². The number of nitrogens with zero attached hydrogens (tertiary/aromatic N) is 4. The smallest absolute Gasteiger partial charge is 0.238 e. The van der Waals surface area contributed by atoms with E-state index in [9.17, 15) is 13.2 Å². The van der Waals surface area contributed by atoms with Gasteiger partial charge in [-0.2, -0.15) is 4.98 Å². The number of nitrogens with two attached hydrogens (primary N) is 2. The van der Waals surface area contributed by atoms with Crippen LogP contribution in [0.4, 0.5) is 11.8 Å². The van der Waals surface area contributed by atoms with Gasteiger partial charge in [-0.05, 0) is 50.9 Å². The van der Waals surface area contributed by atoms with Crippen molar-refractivity contribution < 1.29 is 13.2 Å². The van der Waals surface area contributed by atoms with Gasteiger partial charge in [-0.15, -0.1) is 0 Å². The van der Waals surface area contributed by atoms with Crippen molar-refractivity contribution >= 4 is 27.5 Å². The lowest BCUT2D eigenvalue weighted by molar-refractivity contribution is -0.132. The number of primary amides is 1. The van der Waals surface area contributed by atoms with Crippen molar-refractivity contribution in [3.8, 4) is 0 Å². The molecule has 2 saturated heterocycles. The molecule has 2 aliphatic heterocycles. The molecule has 1 aromatic carbocycles. The molecule has 10 heteroatoms. The molecule has 1 amide bonds. The second kappa shape index (κ2) is 8.43. The Kier molecular flexibility index (Phi) is 5.85. The van der Waals surface area contributed by atoms with Crippen molar-refractivity contribution in [3.05, 3.63) is 36.5 Å². The highest BCUT2D eigenvalue weighted by Crippen LogP contribution is 2.33. The fourth-order valence-electron chi connectivity index (χ4n) is 4.58. The second-order valence-electron chi connectivity index (χ2n) is 8.17. The summed E-state index contributed by atoms with van der Waals surface area (Å²) < 4.78 is 25.7. The maximum Gasteiger partial charge on any atom is 0.238 e. The number of nitrogen functional groups attached to an aromatic ring is 1. The van der Waals surface area contributed by atoms with Crippen LogP contribution >= 0.6 is 0 Å². The molecule has 2 aromatic rings. The topological polar surface area (TPSA) is 136 Å². The lowest BCUT2D eigenvalue weighted by Crippen LogP contribution is -2.63. The number of aromatic nitrogens is 2. The first-order chi connectivity index (χ1) is 14.8. The fraction of sp³-hybridized carbons (Fsp3) is 0.476. The summed E-state index contributed by atoms with van der Waals surface area (Å²) in [6.07, 6.45) is 5.76. The number of carbonyl (C=O) groups excluding carboxylic acids is 1. The number of rotatable bonds is 5. The minimum atomic E-state index is -3.80. The van der Waals surface area contributed by atoms with E-state index in [-0.39, 0.29) is 21.5 Å². The van der Waals surface area contributed by atoms with Crippen LogP contribution in [0.15, 0.2) is 46.3 Å². The highest BCUT2D eigenvalue weighted by molar-refractivity contribution is 7.91. The quantitative estimate of drug-likeness (QED) is 0.702. The number of piperidine rings is 2. The highest BCUT2D eigenvalue weighted by atomic mass is 32.2. The molecule has 166 valence electrons. The first-order valence-corrected chi connectivity index (χ1v) is 12.1. The lowest BCUT2D eigenvalue weighted by Gasteiger charge is -2.48. The summed E-state index contributed by atoms with van der Waals surface area (Å²) in [6, 6.07) is 8.07. The van der Waals surface area contributed by atoms with Crippen molar-refractivity contribution in [2.45, 2.75) is 47.4 Å². The summed E-state index contributed by atoms with van der Waals surface area (Å²) in [5.41, 5.74) is 11.2. The van der Waals surface area contributed by atoms with E-state index >= 15 is 0 Å². The van der Waals surface area contributed by atoms with Gasteiger partial charge < -0.3 is 16.4 Å². The Morgan fingerprint density at radius 1 is 1.00 bits per heavy atom. The molecule has 2 fully saturated rings. The van der Waals surface area contributed by atoms with Crippen LogP contribution in [0.1, 0.15) is 32.1 Å². The van der Waals surface area contributed by atoms with Crippen molar-refractivity contribution in [2.24, 2.45) is 5.73 Å². The Hall–Kier alpha value is -2.72. The Morgan fingerprint density at radius 3 is 2.23 bits per heavy atom. The van der Waals surface area contributed by atoms with Crippen LogP contribution in [0.2, 0.25) is 0 Å². The van der Waals surface area contributed by atoms with Crippen LogP contribution in [0.5, 0.6) is 0 Å². The SMILES string of the molecule is NC(=O)C1(N2CCCCC2)CCN(c2ncc(S(=O)(=O)c3ccccc3)c(N)n2)CC1. The summed E-state index contributed by atoms with van der Waals surface area (Å²) in [7, 11) is -3.80. The van der Waals surface area contributed by atoms with Gasteiger partial charge in [-0.25, -0.2) is 13.4 Å². The van der Waals surface area contributed by atoms with E-state index in [1.54, 1.807) is 18.2 Å². The largest absolute Gasteiger partial charge is 0.382 e. The maximum absolute atomic E-state index is 12.8. The van der Waals surface area contributed by atoms with Crippen LogP contribution < -0.4 is 16.4 Å². The van der Waals surface area contributed by atoms with Gasteiger partial charge in [0.2, 0.25) is 21.7 Å². The number of hydrogen-bond acceptors (Lipinski definition) is 8. The van der Waals surface area contributed by atoms with E-state index in [1.807, 2.05) is 4.90 Å². The van der Waals surface area contributed by atoms with Gasteiger partial charge in [0, 0.05) is 13.1 Å². The molecule has 0 bridgehead atoms. The Labute approximate surface area is 182 Å². The lowest BCUT2D eigenvalue weighted by atomic mass is 9.83. The first kappa shape index (κ1) is 21.5. The normalized spacial score (nSPS) is 19.8. The first-order valence-electron chi connectivity index (χ1n) is 10.6. The van der Waals surface area contributed by atoms with Gasteiger partial charge in [0.25, 0.3) is 0 Å². The van der Waals surface area contributed by atoms with E-state index in [4.69, 9.17) is 11.5 Å². The molecular weight excluding hydrogens is 416 g/mol. The van der Waals surface area contributed by atoms with E-state index in [0.29, 0.717) is 31.9 Å². The van der Waals surface area contributed by atoms with E-state index in [2.05, 4.69) is 14.9 Å². The highest BCUT2D eigenvalue weighted by Gasteiger charge is 2.45. The molecular formula is C21H28N6O3S. The van der Waals surface area contributed by atoms with Gasteiger partial charge in [-0.1, -0.05) is 24.6 Å². The van der Waals surface area contributed by atoms with Crippen molar-refractivity contribution in [3.63, 3.8) is 0 Å². The molecule has 2 aliphatic rings. The molecule has 4 rings (SSSR count). The zero-order chi connectivity index (χ0) is 22.1. The van der Waals surface area contributed by atoms with Crippen molar-refractivity contribution in [1.82, 2.24) is 14.9 Å². The summed E-state index contributed by atoms with van der Waals surface area (Å²) >= 11 is 0. The van der Waals surface area contributed by atoms with Crippen molar-refractivity contribution in [1.29, 1.82) is 0 Å². The number of amides is 1. The van der Waals surface area contributed by atoms with Gasteiger partial charge in [0.1, 0.15) is 16.3 Å². The molecule has 0 saturated carbocycles. The van der Waals surface area contributed by atoms with Crippen LogP contribution in [0.3, 0.4) is 0 Å². The van der Waals surface area contributed by atoms with Crippen LogP contribution in [-0.4, -0.2) is 60.9 Å². The molecule has 9 nitrogen and oxygen atoms in total. The molecule has 0 spiro atoms. The molecule has 31 heavy (non-hydrogen) atoms. The molecule has 3 heterocycles. The number of benzene rings is 1. The van der Waals surface area contributed by atoms with Crippen LogP contribution in [-0.2, 0) is 14.6 Å². The summed E-state index contributed by atoms with van der Waals surface area (Å²) in [5, 5.41) is 0. The average molecular weight is 445 g/mol. The number of carbonyl (C=O) groups is 1. The molecule has 0 atom stereocenters. The molecule has 0 radical (unpaired) electrons. The Balaban J connectivity index is 1.53. The third-order valence-corrected chi connectivity index (χ3v) is 8.19. The number of hydrogen-bond donors (Lipinski definition) is 2. The predicted molar refractivity (Wildman–Crippen MR) is 117 cm³/mol. The van der Waals surface area contributed by atoms with Gasteiger partial charge in [0.05, 0.1) is 11.1 Å². The molecule has 4 N–H and O–H groups in total. The maximum atomic E-state index is 12.8. The predicted octanol–water partition coefficient (Wildman–Crippen LogP) is 1.20. The summed E-state index contributed by atoms with van der Waals surface area (Å²) in [5.74, 6) is -0.00312. The number of likely N-dealkylation sites (tertiary alicyclic amines) is 1. The minimum Gasteiger partial charge on any atom is -0.382 e. The van der Waals surface area contributed by atoms with Gasteiger partial charge >= 0.3 is 0 Å². The van der Waals surface area contributed by atoms with E-state index < -0.39 is 15.4 Å². The van der Waals surface area contributed by atoms with E-state index in [1.165, 1.54) is 24.8 Å².